The van der Waals surface area contributed by atoms with Crippen LogP contribution in [0.15, 0.2) is 21.9 Å². The zero-order chi connectivity index (χ0) is 13.9. The van der Waals surface area contributed by atoms with Gasteiger partial charge in [0.25, 0.3) is 0 Å². The second-order valence-electron chi connectivity index (χ2n) is 4.79. The van der Waals surface area contributed by atoms with Crippen molar-refractivity contribution in [2.75, 3.05) is 24.5 Å². The Hall–Kier alpha value is -0.170. The molecule has 0 saturated carbocycles. The Bertz CT molecular complexity index is 525. The molecule has 0 spiro atoms. The van der Waals surface area contributed by atoms with Gasteiger partial charge in [-0.3, -0.25) is 0 Å². The summed E-state index contributed by atoms with van der Waals surface area (Å²) in [5.74, 6) is 7.95. The van der Waals surface area contributed by atoms with E-state index in [4.69, 9.17) is 0 Å². The van der Waals surface area contributed by atoms with Gasteiger partial charge in [0, 0.05) is 21.8 Å². The number of fused-ring (bicyclic) bond motifs is 1. The van der Waals surface area contributed by atoms with Gasteiger partial charge >= 0.3 is 0 Å². The minimum absolute atomic E-state index is 0.670. The third kappa shape index (κ3) is 3.12. The van der Waals surface area contributed by atoms with Crippen LogP contribution >= 0.6 is 31.6 Å². The van der Waals surface area contributed by atoms with E-state index in [-0.39, 0.29) is 0 Å². The zero-order valence-electron chi connectivity index (χ0n) is 12.2. The van der Waals surface area contributed by atoms with E-state index in [1.54, 1.807) is 10.5 Å². The topological polar surface area (TPSA) is 0 Å². The van der Waals surface area contributed by atoms with Gasteiger partial charge in [-0.05, 0) is 55.1 Å². The van der Waals surface area contributed by atoms with Gasteiger partial charge in [0.05, 0.1) is 0 Å². The van der Waals surface area contributed by atoms with Gasteiger partial charge in [0.15, 0.2) is 0 Å². The molecule has 1 heterocycles. The lowest BCUT2D eigenvalue weighted by Gasteiger charge is -2.40. The maximum atomic E-state index is 3.36. The molecule has 0 radical (unpaired) electrons. The Labute approximate surface area is 127 Å². The smallest absolute Gasteiger partial charge is 0.0392 e. The summed E-state index contributed by atoms with van der Waals surface area (Å²) in [6.45, 7) is 2.11. The highest BCUT2D eigenvalue weighted by Gasteiger charge is 2.27. The van der Waals surface area contributed by atoms with Crippen molar-refractivity contribution in [1.29, 1.82) is 0 Å². The van der Waals surface area contributed by atoms with Gasteiger partial charge in [0.2, 0.25) is 0 Å². The predicted octanol–water partition coefficient (Wildman–Crippen LogP) is 5.19. The van der Waals surface area contributed by atoms with Gasteiger partial charge < -0.3 is 0 Å². The minimum atomic E-state index is -0.670. The van der Waals surface area contributed by atoms with Crippen LogP contribution in [0, 0.1) is 11.8 Å². The molecule has 2 rings (SSSR count). The highest BCUT2D eigenvalue weighted by Crippen LogP contribution is 2.65. The van der Waals surface area contributed by atoms with Crippen LogP contribution in [0.1, 0.15) is 30.9 Å². The summed E-state index contributed by atoms with van der Waals surface area (Å²) >= 11 is 1.83. The number of benzene rings is 1. The third-order valence-electron chi connectivity index (χ3n) is 3.60. The lowest BCUT2D eigenvalue weighted by atomic mass is 10.1. The molecule has 1 aliphatic rings. The number of hydrogen-bond acceptors (Lipinski definition) is 2. The number of thioether (sulfide) groups is 1. The van der Waals surface area contributed by atoms with E-state index >= 15 is 0 Å². The summed E-state index contributed by atoms with van der Waals surface area (Å²) in [6.07, 6.45) is 10.4. The van der Waals surface area contributed by atoms with Crippen LogP contribution in [0.25, 0.3) is 0 Å². The van der Waals surface area contributed by atoms with E-state index < -0.39 is 9.06 Å². The molecule has 104 valence electrons. The van der Waals surface area contributed by atoms with Gasteiger partial charge in [-0.15, -0.1) is 22.6 Å². The molecule has 0 bridgehead atoms. The fourth-order valence-corrected chi connectivity index (χ4v) is 7.26. The summed E-state index contributed by atoms with van der Waals surface area (Å²) < 4.78 is 0. The van der Waals surface area contributed by atoms with Crippen LogP contribution in [0.2, 0.25) is 0 Å². The Kier molecular flexibility index (Phi) is 5.22. The Morgan fingerprint density at radius 2 is 2.11 bits per heavy atom. The predicted molar refractivity (Wildman–Crippen MR) is 93.9 cm³/mol. The van der Waals surface area contributed by atoms with Crippen molar-refractivity contribution in [3.05, 3.63) is 23.3 Å². The zero-order valence-corrected chi connectivity index (χ0v) is 14.7. The van der Waals surface area contributed by atoms with Crippen LogP contribution in [-0.2, 0) is 6.42 Å². The van der Waals surface area contributed by atoms with Gasteiger partial charge in [-0.2, -0.15) is 9.06 Å². The van der Waals surface area contributed by atoms with Crippen LogP contribution in [0.5, 0.6) is 0 Å². The first kappa shape index (κ1) is 15.2. The van der Waals surface area contributed by atoms with Crippen LogP contribution in [0.4, 0.5) is 0 Å². The lowest BCUT2D eigenvalue weighted by molar-refractivity contribution is 0.877. The molecule has 0 N–H and O–H groups in total. The van der Waals surface area contributed by atoms with Crippen LogP contribution in [0.3, 0.4) is 0 Å². The van der Waals surface area contributed by atoms with Crippen LogP contribution < -0.4 is 0 Å². The van der Waals surface area contributed by atoms with Crippen molar-refractivity contribution < 1.29 is 0 Å². The quantitative estimate of drug-likeness (QED) is 0.419. The Morgan fingerprint density at radius 3 is 2.74 bits per heavy atom. The summed E-state index contributed by atoms with van der Waals surface area (Å²) in [4.78, 5) is 2.95. The SMILES string of the molecule is CCC#Cc1cc2c(cc1SC)CCCS2(C)SC. The van der Waals surface area contributed by atoms with Crippen LogP contribution in [-0.4, -0.2) is 24.5 Å². The summed E-state index contributed by atoms with van der Waals surface area (Å²) in [6, 6.07) is 4.80. The first-order valence-corrected chi connectivity index (χ1v) is 11.8. The molecule has 0 fully saturated rings. The first-order chi connectivity index (χ1) is 9.14. The molecule has 1 aromatic rings. The van der Waals surface area contributed by atoms with E-state index in [0.717, 1.165) is 6.42 Å². The van der Waals surface area contributed by atoms with Gasteiger partial charge in [-0.25, -0.2) is 0 Å². The molecule has 0 saturated heterocycles. The molecule has 3 heteroatoms. The highest BCUT2D eigenvalue weighted by atomic mass is 33.2. The molecule has 19 heavy (non-hydrogen) atoms. The maximum Gasteiger partial charge on any atom is 0.0392 e. The average molecular weight is 311 g/mol. The molecule has 1 aliphatic heterocycles. The highest BCUT2D eigenvalue weighted by molar-refractivity contribution is 8.93. The monoisotopic (exact) mass is 310 g/mol. The summed E-state index contributed by atoms with van der Waals surface area (Å²) in [7, 11) is 1.39. The van der Waals surface area contributed by atoms with Crippen molar-refractivity contribution >= 4 is 31.6 Å². The van der Waals surface area contributed by atoms with Gasteiger partial charge in [-0.1, -0.05) is 18.8 Å². The molecule has 0 nitrogen and oxygen atoms in total. The Morgan fingerprint density at radius 1 is 1.32 bits per heavy atom. The summed E-state index contributed by atoms with van der Waals surface area (Å²) in [5.41, 5.74) is 2.81. The van der Waals surface area contributed by atoms with Gasteiger partial charge in [0.1, 0.15) is 0 Å². The normalized spacial score (nSPS) is 24.8. The van der Waals surface area contributed by atoms with Crippen molar-refractivity contribution in [3.8, 4) is 11.8 Å². The minimum Gasteiger partial charge on any atom is -0.169 e. The second kappa shape index (κ2) is 6.52. The molecule has 0 amide bonds. The fourth-order valence-electron chi connectivity index (χ4n) is 2.47. The summed E-state index contributed by atoms with van der Waals surface area (Å²) in [5, 5.41) is 0. The largest absolute Gasteiger partial charge is 0.169 e. The van der Waals surface area contributed by atoms with E-state index in [1.807, 2.05) is 11.8 Å². The number of rotatable bonds is 2. The molecular formula is C16H22S3. The van der Waals surface area contributed by atoms with E-state index in [2.05, 4.69) is 60.5 Å². The van der Waals surface area contributed by atoms with Crippen molar-refractivity contribution in [3.63, 3.8) is 0 Å². The molecule has 1 unspecified atom stereocenters. The Balaban J connectivity index is 2.56. The van der Waals surface area contributed by atoms with Crippen molar-refractivity contribution in [1.82, 2.24) is 0 Å². The molecule has 0 aliphatic carbocycles. The average Bonchev–Trinajstić information content (AvgIpc) is 2.44. The molecule has 1 atom stereocenters. The molecule has 0 aromatic heterocycles. The number of hydrogen-bond donors (Lipinski definition) is 0. The lowest BCUT2D eigenvalue weighted by Crippen LogP contribution is -2.11. The van der Waals surface area contributed by atoms with E-state index in [0.29, 0.717) is 0 Å². The maximum absolute atomic E-state index is 3.36. The van der Waals surface area contributed by atoms with Crippen molar-refractivity contribution in [2.24, 2.45) is 0 Å². The first-order valence-electron chi connectivity index (χ1n) is 6.66. The fraction of sp³-hybridized carbons (Fsp3) is 0.500. The third-order valence-corrected chi connectivity index (χ3v) is 10.7. The van der Waals surface area contributed by atoms with E-state index in [9.17, 15) is 0 Å². The number of aryl methyl sites for hydroxylation is 1. The van der Waals surface area contributed by atoms with Crippen molar-refractivity contribution in [2.45, 2.75) is 36.0 Å². The van der Waals surface area contributed by atoms with E-state index in [1.165, 1.54) is 29.1 Å². The standard InChI is InChI=1S/C16H22S3/c1-5-6-8-13-12-16-14(11-15(13)17-2)9-7-10-19(16,4)18-3/h11-12H,5,7,9-10H2,1-4H3. The molecule has 1 aromatic carbocycles. The molecular weight excluding hydrogens is 288 g/mol. The second-order valence-corrected chi connectivity index (χ2v) is 12.0.